The Labute approximate surface area is 302 Å². The minimum absolute atomic E-state index is 0.230. The van der Waals surface area contributed by atoms with Gasteiger partial charge in [-0.15, -0.1) is 0 Å². The van der Waals surface area contributed by atoms with Crippen molar-refractivity contribution in [3.05, 3.63) is 179 Å². The second-order valence-electron chi connectivity index (χ2n) is 13.1. The molecule has 7 aromatic rings. The van der Waals surface area contributed by atoms with E-state index in [4.69, 9.17) is 9.97 Å². The van der Waals surface area contributed by atoms with Crippen LogP contribution in [0.1, 0.15) is 52.0 Å². The van der Waals surface area contributed by atoms with Gasteiger partial charge in [0, 0.05) is 17.3 Å². The Hall–Kier alpha value is -6.37. The van der Waals surface area contributed by atoms with Crippen molar-refractivity contribution in [3.8, 4) is 17.3 Å². The quantitative estimate of drug-likeness (QED) is 0.148. The van der Waals surface area contributed by atoms with Gasteiger partial charge in [-0.3, -0.25) is 4.79 Å². The van der Waals surface area contributed by atoms with Crippen LogP contribution in [0, 0.1) is 11.3 Å². The standard InChI is InChI=1S/C43H33N5O3S/c1-29(2)52(50,51)36-22-20-31(21-23-36)38-26-45-41-40(46-38)39(47-27-32-19-18-30(25-44)24-37(32)42(47)49)28-48(41)43(33-12-6-3-7-13-33,34-14-8-4-9-15-34)35-16-10-5-11-17-35/h3-24,26,28-29H,27H2,1-2H3. The molecule has 8 rings (SSSR count). The van der Waals surface area contributed by atoms with Gasteiger partial charge in [0.15, 0.2) is 15.5 Å². The van der Waals surface area contributed by atoms with Crippen molar-refractivity contribution >= 4 is 32.6 Å². The molecule has 0 saturated heterocycles. The lowest BCUT2D eigenvalue weighted by Gasteiger charge is -2.38. The number of nitrogens with zero attached hydrogens (tertiary/aromatic N) is 5. The van der Waals surface area contributed by atoms with Gasteiger partial charge < -0.3 is 9.47 Å². The average Bonchev–Trinajstić information content (AvgIpc) is 3.73. The van der Waals surface area contributed by atoms with Gasteiger partial charge in [-0.05, 0) is 60.4 Å². The molecular weight excluding hydrogens is 667 g/mol. The molecular formula is C43H33N5O3S. The minimum Gasteiger partial charge on any atom is -0.310 e. The molecule has 3 heterocycles. The van der Waals surface area contributed by atoms with Crippen LogP contribution in [0.15, 0.2) is 151 Å². The summed E-state index contributed by atoms with van der Waals surface area (Å²) >= 11 is 0. The Bertz CT molecular complexity index is 2520. The zero-order valence-electron chi connectivity index (χ0n) is 28.5. The molecule has 9 heteroatoms. The number of rotatable bonds is 8. The zero-order valence-corrected chi connectivity index (χ0v) is 29.3. The van der Waals surface area contributed by atoms with Crippen molar-refractivity contribution in [1.29, 1.82) is 5.26 Å². The molecule has 1 amide bonds. The molecule has 254 valence electrons. The SMILES string of the molecule is CC(C)S(=O)(=O)c1ccc(-c2cnc3c(n2)c(N2Cc4ccc(C#N)cc4C2=O)cn3C(c2ccccc2)(c2ccccc2)c2ccccc2)cc1. The van der Waals surface area contributed by atoms with Gasteiger partial charge in [0.05, 0.1) is 45.9 Å². The smallest absolute Gasteiger partial charge is 0.259 e. The van der Waals surface area contributed by atoms with E-state index in [0.29, 0.717) is 45.8 Å². The van der Waals surface area contributed by atoms with Crippen LogP contribution in [0.3, 0.4) is 0 Å². The normalized spacial score (nSPS) is 13.0. The van der Waals surface area contributed by atoms with E-state index in [1.807, 2.05) is 66.9 Å². The lowest BCUT2D eigenvalue weighted by molar-refractivity contribution is 0.0996. The highest BCUT2D eigenvalue weighted by molar-refractivity contribution is 7.92. The van der Waals surface area contributed by atoms with Gasteiger partial charge in [-0.2, -0.15) is 5.26 Å². The van der Waals surface area contributed by atoms with Crippen LogP contribution >= 0.6 is 0 Å². The summed E-state index contributed by atoms with van der Waals surface area (Å²) in [6.45, 7) is 3.62. The van der Waals surface area contributed by atoms with E-state index in [2.05, 4.69) is 47.0 Å². The van der Waals surface area contributed by atoms with Gasteiger partial charge >= 0.3 is 0 Å². The number of sulfone groups is 1. The maximum absolute atomic E-state index is 14.2. The first-order valence-electron chi connectivity index (χ1n) is 17.0. The van der Waals surface area contributed by atoms with Gasteiger partial charge in [0.2, 0.25) is 0 Å². The summed E-state index contributed by atoms with van der Waals surface area (Å²) in [6, 6.07) is 44.7. The van der Waals surface area contributed by atoms with E-state index in [-0.39, 0.29) is 10.8 Å². The third-order valence-electron chi connectivity index (χ3n) is 9.84. The molecule has 1 aliphatic heterocycles. The number of carbonyl (C=O) groups is 1. The van der Waals surface area contributed by atoms with Crippen molar-refractivity contribution in [2.24, 2.45) is 0 Å². The Morgan fingerprint density at radius 1 is 0.788 bits per heavy atom. The number of amides is 1. The molecule has 0 N–H and O–H groups in total. The average molecular weight is 700 g/mol. The molecule has 5 aromatic carbocycles. The van der Waals surface area contributed by atoms with Gasteiger partial charge in [0.1, 0.15) is 11.1 Å². The molecule has 0 bridgehead atoms. The van der Waals surface area contributed by atoms with Crippen LogP contribution in [0.5, 0.6) is 0 Å². The number of hydrogen-bond acceptors (Lipinski definition) is 6. The lowest BCUT2D eigenvalue weighted by Crippen LogP contribution is -2.37. The Morgan fingerprint density at radius 2 is 1.37 bits per heavy atom. The third kappa shape index (κ3) is 5.19. The first-order valence-corrected chi connectivity index (χ1v) is 18.5. The molecule has 0 spiro atoms. The van der Waals surface area contributed by atoms with Crippen LogP contribution in [0.4, 0.5) is 5.69 Å². The molecule has 0 unspecified atom stereocenters. The number of benzene rings is 5. The van der Waals surface area contributed by atoms with Crippen molar-refractivity contribution in [3.63, 3.8) is 0 Å². The van der Waals surface area contributed by atoms with Crippen LogP contribution in [-0.2, 0) is 21.9 Å². The topological polar surface area (TPSA) is 109 Å². The fourth-order valence-corrected chi connectivity index (χ4v) is 8.24. The van der Waals surface area contributed by atoms with Crippen LogP contribution in [0.25, 0.3) is 22.4 Å². The van der Waals surface area contributed by atoms with Crippen molar-refractivity contribution in [2.45, 2.75) is 36.1 Å². The summed E-state index contributed by atoms with van der Waals surface area (Å²) in [7, 11) is -3.46. The van der Waals surface area contributed by atoms with Crippen molar-refractivity contribution < 1.29 is 13.2 Å². The molecule has 1 aliphatic rings. The van der Waals surface area contributed by atoms with E-state index in [1.165, 1.54) is 0 Å². The van der Waals surface area contributed by atoms with Crippen LogP contribution in [-0.4, -0.2) is 34.1 Å². The molecule has 8 nitrogen and oxygen atoms in total. The van der Waals surface area contributed by atoms with E-state index in [0.717, 1.165) is 22.3 Å². The zero-order chi connectivity index (χ0) is 36.0. The summed E-state index contributed by atoms with van der Waals surface area (Å²) in [6.07, 6.45) is 3.66. The monoisotopic (exact) mass is 699 g/mol. The number of anilines is 1. The highest BCUT2D eigenvalue weighted by atomic mass is 32.2. The molecule has 0 atom stereocenters. The molecule has 0 radical (unpaired) electrons. The lowest BCUT2D eigenvalue weighted by atomic mass is 9.76. The maximum Gasteiger partial charge on any atom is 0.259 e. The van der Waals surface area contributed by atoms with E-state index >= 15 is 0 Å². The first kappa shape index (κ1) is 32.8. The van der Waals surface area contributed by atoms with Crippen LogP contribution < -0.4 is 4.90 Å². The molecule has 2 aromatic heterocycles. The number of nitriles is 1. The van der Waals surface area contributed by atoms with Crippen molar-refractivity contribution in [1.82, 2.24) is 14.5 Å². The van der Waals surface area contributed by atoms with E-state index in [1.54, 1.807) is 61.3 Å². The molecule has 0 fully saturated rings. The maximum atomic E-state index is 14.2. The molecule has 52 heavy (non-hydrogen) atoms. The highest BCUT2D eigenvalue weighted by Crippen LogP contribution is 2.45. The number of hydrogen-bond donors (Lipinski definition) is 0. The highest BCUT2D eigenvalue weighted by Gasteiger charge is 2.42. The summed E-state index contributed by atoms with van der Waals surface area (Å²) in [5.74, 6) is -0.230. The predicted molar refractivity (Wildman–Crippen MR) is 202 cm³/mol. The van der Waals surface area contributed by atoms with Gasteiger partial charge in [-0.1, -0.05) is 109 Å². The number of fused-ring (bicyclic) bond motifs is 2. The summed E-state index contributed by atoms with van der Waals surface area (Å²) in [5, 5.41) is 9.04. The van der Waals surface area contributed by atoms with Crippen molar-refractivity contribution in [2.75, 3.05) is 4.90 Å². The van der Waals surface area contributed by atoms with Gasteiger partial charge in [-0.25, -0.2) is 18.4 Å². The number of aromatic nitrogens is 3. The largest absolute Gasteiger partial charge is 0.310 e. The third-order valence-corrected chi connectivity index (χ3v) is 12.0. The Balaban J connectivity index is 1.41. The van der Waals surface area contributed by atoms with E-state index in [9.17, 15) is 18.5 Å². The Morgan fingerprint density at radius 3 is 1.90 bits per heavy atom. The number of carbonyl (C=O) groups excluding carboxylic acids is 1. The molecule has 0 aliphatic carbocycles. The second kappa shape index (κ2) is 12.7. The fraction of sp³-hybridized carbons (Fsp3) is 0.116. The summed E-state index contributed by atoms with van der Waals surface area (Å²) in [5.41, 5.74) is 6.56. The Kier molecular flexibility index (Phi) is 8.05. The summed E-state index contributed by atoms with van der Waals surface area (Å²) in [4.78, 5) is 26.4. The minimum atomic E-state index is -3.46. The fourth-order valence-electron chi connectivity index (χ4n) is 7.18. The first-order chi connectivity index (χ1) is 25.2. The van der Waals surface area contributed by atoms with Gasteiger partial charge in [0.25, 0.3) is 5.91 Å². The van der Waals surface area contributed by atoms with E-state index < -0.39 is 20.6 Å². The van der Waals surface area contributed by atoms with Crippen LogP contribution in [0.2, 0.25) is 0 Å². The second-order valence-corrected chi connectivity index (χ2v) is 15.6. The molecule has 0 saturated carbocycles. The predicted octanol–water partition coefficient (Wildman–Crippen LogP) is 8.15. The summed E-state index contributed by atoms with van der Waals surface area (Å²) < 4.78 is 27.9.